The van der Waals surface area contributed by atoms with Crippen molar-refractivity contribution in [2.75, 3.05) is 20.1 Å². The lowest BCUT2D eigenvalue weighted by molar-refractivity contribution is 0.0900. The molecule has 0 spiro atoms. The van der Waals surface area contributed by atoms with Crippen LogP contribution in [0.4, 0.5) is 0 Å². The van der Waals surface area contributed by atoms with Crippen LogP contribution in [-0.4, -0.2) is 30.8 Å². The zero-order chi connectivity index (χ0) is 13.9. The topological polar surface area (TPSA) is 20.3 Å². The molecule has 0 bridgehead atoms. The van der Waals surface area contributed by atoms with E-state index in [4.69, 9.17) is 0 Å². The molecule has 1 aromatic carbocycles. The van der Waals surface area contributed by atoms with Gasteiger partial charge in [0.2, 0.25) is 0 Å². The van der Waals surface area contributed by atoms with Crippen LogP contribution in [0.2, 0.25) is 0 Å². The highest BCUT2D eigenvalue weighted by atomic mass is 35.5. The van der Waals surface area contributed by atoms with Gasteiger partial charge in [0.15, 0.2) is 5.78 Å². The number of hydrogen-bond donors (Lipinski definition) is 0. The minimum Gasteiger partial charge on any atom is -0.306 e. The van der Waals surface area contributed by atoms with E-state index in [1.165, 1.54) is 24.9 Å². The summed E-state index contributed by atoms with van der Waals surface area (Å²) in [5, 5.41) is 0. The summed E-state index contributed by atoms with van der Waals surface area (Å²) in [6, 6.07) is 8.19. The monoisotopic (exact) mass is 307 g/mol. The van der Waals surface area contributed by atoms with E-state index in [0.717, 1.165) is 43.7 Å². The predicted octanol–water partition coefficient (Wildman–Crippen LogP) is 3.98. The second-order valence-corrected chi connectivity index (χ2v) is 6.60. The lowest BCUT2D eigenvalue weighted by Gasteiger charge is -2.20. The Kier molecular flexibility index (Phi) is 5.83. The fraction of sp³-hybridized carbons (Fsp3) is 0.611. The number of fused-ring (bicyclic) bond motifs is 1. The summed E-state index contributed by atoms with van der Waals surface area (Å²) in [6.45, 7) is 2.28. The maximum absolute atomic E-state index is 12.7. The molecule has 116 valence electrons. The maximum atomic E-state index is 12.7. The molecule has 2 aliphatic rings. The molecule has 1 atom stereocenters. The van der Waals surface area contributed by atoms with Gasteiger partial charge in [0.25, 0.3) is 0 Å². The van der Waals surface area contributed by atoms with Crippen LogP contribution >= 0.6 is 12.4 Å². The van der Waals surface area contributed by atoms with Crippen molar-refractivity contribution >= 4 is 18.2 Å². The minimum atomic E-state index is 0. The fourth-order valence-corrected chi connectivity index (χ4v) is 3.35. The van der Waals surface area contributed by atoms with Crippen LogP contribution < -0.4 is 0 Å². The van der Waals surface area contributed by atoms with E-state index in [1.54, 1.807) is 0 Å². The zero-order valence-corrected chi connectivity index (χ0v) is 13.7. The summed E-state index contributed by atoms with van der Waals surface area (Å²) in [5.41, 5.74) is 2.24. The lowest BCUT2D eigenvalue weighted by atomic mass is 9.92. The Balaban J connectivity index is 0.00000161. The first-order valence-electron chi connectivity index (χ1n) is 8.04. The normalized spacial score (nSPS) is 21.6. The quantitative estimate of drug-likeness (QED) is 0.767. The van der Waals surface area contributed by atoms with E-state index in [-0.39, 0.29) is 18.3 Å². The van der Waals surface area contributed by atoms with E-state index in [0.29, 0.717) is 5.78 Å². The Labute approximate surface area is 134 Å². The number of aryl methyl sites for hydroxylation is 1. The van der Waals surface area contributed by atoms with Gasteiger partial charge in [0, 0.05) is 18.0 Å². The number of hydrogen-bond acceptors (Lipinski definition) is 2. The van der Waals surface area contributed by atoms with Crippen LogP contribution in [0.1, 0.15) is 48.0 Å². The Hall–Kier alpha value is -0.860. The van der Waals surface area contributed by atoms with E-state index in [1.807, 2.05) is 12.1 Å². The molecule has 0 aliphatic heterocycles. The number of Topliss-reactive ketones (excluding diaryl/α,β-unsaturated/α-hetero) is 1. The zero-order valence-electron chi connectivity index (χ0n) is 12.9. The highest BCUT2D eigenvalue weighted by Crippen LogP contribution is 2.30. The van der Waals surface area contributed by atoms with Crippen molar-refractivity contribution in [2.45, 2.75) is 38.5 Å². The summed E-state index contributed by atoms with van der Waals surface area (Å²) >= 11 is 0. The highest BCUT2D eigenvalue weighted by molar-refractivity contribution is 5.99. The molecule has 3 rings (SSSR count). The molecule has 1 aromatic rings. The number of carbonyl (C=O) groups is 1. The van der Waals surface area contributed by atoms with Crippen molar-refractivity contribution in [3.63, 3.8) is 0 Å². The van der Waals surface area contributed by atoms with Gasteiger partial charge in [-0.2, -0.15) is 0 Å². The highest BCUT2D eigenvalue weighted by Gasteiger charge is 2.26. The van der Waals surface area contributed by atoms with Crippen LogP contribution in [0.15, 0.2) is 24.3 Å². The van der Waals surface area contributed by atoms with Gasteiger partial charge in [-0.25, -0.2) is 0 Å². The molecular weight excluding hydrogens is 282 g/mol. The molecule has 0 amide bonds. The first kappa shape index (κ1) is 16.5. The lowest BCUT2D eigenvalue weighted by Crippen LogP contribution is -2.26. The van der Waals surface area contributed by atoms with Crippen molar-refractivity contribution < 1.29 is 4.79 Å². The van der Waals surface area contributed by atoms with Gasteiger partial charge >= 0.3 is 0 Å². The molecule has 2 aliphatic carbocycles. The average molecular weight is 308 g/mol. The number of carbonyl (C=O) groups excluding carboxylic acids is 1. The second kappa shape index (κ2) is 7.42. The number of benzene rings is 1. The summed E-state index contributed by atoms with van der Waals surface area (Å²) in [4.78, 5) is 15.1. The van der Waals surface area contributed by atoms with Crippen molar-refractivity contribution in [3.8, 4) is 0 Å². The van der Waals surface area contributed by atoms with E-state index in [2.05, 4.69) is 24.1 Å². The summed E-state index contributed by atoms with van der Waals surface area (Å²) in [5.74, 6) is 1.56. The van der Waals surface area contributed by atoms with Gasteiger partial charge in [-0.15, -0.1) is 12.4 Å². The Morgan fingerprint density at radius 2 is 1.95 bits per heavy atom. The van der Waals surface area contributed by atoms with Crippen molar-refractivity contribution in [1.82, 2.24) is 4.90 Å². The number of nitrogens with zero attached hydrogens (tertiary/aromatic N) is 1. The summed E-state index contributed by atoms with van der Waals surface area (Å²) in [6.07, 6.45) is 7.11. The first-order chi connectivity index (χ1) is 9.74. The third-order valence-corrected chi connectivity index (χ3v) is 4.78. The van der Waals surface area contributed by atoms with Gasteiger partial charge in [-0.05, 0) is 63.6 Å². The maximum Gasteiger partial charge on any atom is 0.166 e. The third-order valence-electron chi connectivity index (χ3n) is 4.78. The third kappa shape index (κ3) is 4.31. The van der Waals surface area contributed by atoms with Crippen LogP contribution in [0.25, 0.3) is 0 Å². The van der Waals surface area contributed by atoms with E-state index < -0.39 is 0 Å². The Morgan fingerprint density at radius 1 is 1.19 bits per heavy atom. The molecule has 0 aromatic heterocycles. The largest absolute Gasteiger partial charge is 0.306 e. The number of halogens is 1. The molecule has 0 N–H and O–H groups in total. The van der Waals surface area contributed by atoms with Crippen molar-refractivity contribution in [1.29, 1.82) is 0 Å². The van der Waals surface area contributed by atoms with Gasteiger partial charge in [0.05, 0.1) is 0 Å². The van der Waals surface area contributed by atoms with Crippen LogP contribution in [0.3, 0.4) is 0 Å². The minimum absolute atomic E-state index is 0. The van der Waals surface area contributed by atoms with Gasteiger partial charge in [-0.1, -0.05) is 24.3 Å². The molecule has 1 fully saturated rings. The SMILES string of the molecule is CN(CCC1CCCc2ccccc2C1=O)CC1CC1.Cl. The smallest absolute Gasteiger partial charge is 0.166 e. The fourth-order valence-electron chi connectivity index (χ4n) is 3.35. The van der Waals surface area contributed by atoms with Crippen LogP contribution in [-0.2, 0) is 6.42 Å². The van der Waals surface area contributed by atoms with Crippen LogP contribution in [0, 0.1) is 11.8 Å². The molecule has 21 heavy (non-hydrogen) atoms. The number of rotatable bonds is 5. The standard InChI is InChI=1S/C18H25NO.ClH/c1-19(13-14-9-10-14)12-11-16-7-4-6-15-5-2-3-8-17(15)18(16)20;/h2-3,5,8,14,16H,4,6-7,9-13H2,1H3;1H. The first-order valence-corrected chi connectivity index (χ1v) is 8.04. The summed E-state index contributed by atoms with van der Waals surface area (Å²) in [7, 11) is 2.20. The molecule has 1 saturated carbocycles. The molecule has 1 unspecified atom stereocenters. The Bertz CT molecular complexity index is 484. The second-order valence-electron chi connectivity index (χ2n) is 6.60. The molecular formula is C18H26ClNO. The summed E-state index contributed by atoms with van der Waals surface area (Å²) < 4.78 is 0. The van der Waals surface area contributed by atoms with Crippen molar-refractivity contribution in [3.05, 3.63) is 35.4 Å². The molecule has 2 nitrogen and oxygen atoms in total. The van der Waals surface area contributed by atoms with Crippen LogP contribution in [0.5, 0.6) is 0 Å². The van der Waals surface area contributed by atoms with Crippen molar-refractivity contribution in [2.24, 2.45) is 11.8 Å². The average Bonchev–Trinajstić information content (AvgIpc) is 3.26. The molecule has 0 heterocycles. The van der Waals surface area contributed by atoms with E-state index in [9.17, 15) is 4.79 Å². The van der Waals surface area contributed by atoms with Gasteiger partial charge in [0.1, 0.15) is 0 Å². The molecule has 0 radical (unpaired) electrons. The molecule has 3 heteroatoms. The van der Waals surface area contributed by atoms with E-state index >= 15 is 0 Å². The Morgan fingerprint density at radius 3 is 2.71 bits per heavy atom. The molecule has 0 saturated heterocycles. The number of ketones is 1. The predicted molar refractivity (Wildman–Crippen MR) is 89.3 cm³/mol. The van der Waals surface area contributed by atoms with Gasteiger partial charge < -0.3 is 4.90 Å². The van der Waals surface area contributed by atoms with Gasteiger partial charge in [-0.3, -0.25) is 4.79 Å².